The van der Waals surface area contributed by atoms with Gasteiger partial charge in [0.05, 0.1) is 12.3 Å². The number of ether oxygens (including phenoxy) is 1. The lowest BCUT2D eigenvalue weighted by Gasteiger charge is -2.43. The summed E-state index contributed by atoms with van der Waals surface area (Å²) in [5.74, 6) is -1.82. The molecular weight excluding hydrogens is 450 g/mol. The highest BCUT2D eigenvalue weighted by molar-refractivity contribution is 6.08. The van der Waals surface area contributed by atoms with E-state index in [0.717, 1.165) is 37.2 Å². The monoisotopic (exact) mass is 485 g/mol. The number of carbonyl (C=O) groups excluding carboxylic acids is 2. The molecule has 3 aromatic rings. The molecule has 36 heavy (non-hydrogen) atoms. The molecule has 1 heterocycles. The third-order valence-corrected chi connectivity index (χ3v) is 6.77. The van der Waals surface area contributed by atoms with Crippen LogP contribution in [0.2, 0.25) is 0 Å². The van der Waals surface area contributed by atoms with E-state index in [1.165, 1.54) is 0 Å². The molecule has 1 atom stereocenters. The first-order valence-electron chi connectivity index (χ1n) is 12.8. The number of carbonyl (C=O) groups is 2. The first kappa shape index (κ1) is 25.6. The number of hydrogen-bond acceptors (Lipinski definition) is 4. The van der Waals surface area contributed by atoms with Gasteiger partial charge in [-0.1, -0.05) is 68.4 Å². The molecule has 0 saturated heterocycles. The molecule has 1 aliphatic heterocycles. The summed E-state index contributed by atoms with van der Waals surface area (Å²) < 4.78 is 6.62. The van der Waals surface area contributed by atoms with Crippen molar-refractivity contribution in [2.45, 2.75) is 39.0 Å². The van der Waals surface area contributed by atoms with E-state index < -0.39 is 5.85 Å². The van der Waals surface area contributed by atoms with Crippen LogP contribution >= 0.6 is 0 Å². The van der Waals surface area contributed by atoms with E-state index >= 15 is 0 Å². The molecular formula is C30H35N3O3. The van der Waals surface area contributed by atoms with Crippen LogP contribution in [0, 0.1) is 0 Å². The van der Waals surface area contributed by atoms with Crippen LogP contribution in [0.15, 0.2) is 84.9 Å². The quantitative estimate of drug-likeness (QED) is 0.428. The minimum atomic E-state index is -1.33. The average molecular weight is 486 g/mol. The second kappa shape index (κ2) is 12.0. The van der Waals surface area contributed by atoms with Crippen molar-refractivity contribution in [1.82, 2.24) is 10.2 Å². The van der Waals surface area contributed by atoms with E-state index in [1.807, 2.05) is 60.7 Å². The number of aryl methyl sites for hydroxylation is 1. The van der Waals surface area contributed by atoms with E-state index in [2.05, 4.69) is 24.1 Å². The first-order valence-corrected chi connectivity index (χ1v) is 12.8. The van der Waals surface area contributed by atoms with Gasteiger partial charge in [-0.25, -0.2) is 0 Å². The third kappa shape index (κ3) is 5.66. The van der Waals surface area contributed by atoms with Crippen molar-refractivity contribution in [3.63, 3.8) is 0 Å². The van der Waals surface area contributed by atoms with Crippen molar-refractivity contribution in [1.29, 1.82) is 0 Å². The van der Waals surface area contributed by atoms with E-state index in [0.29, 0.717) is 30.7 Å². The van der Waals surface area contributed by atoms with Gasteiger partial charge in [0.1, 0.15) is 0 Å². The summed E-state index contributed by atoms with van der Waals surface area (Å²) in [6, 6.07) is 26.2. The zero-order chi connectivity index (χ0) is 25.4. The Kier molecular flexibility index (Phi) is 8.52. The lowest BCUT2D eigenvalue weighted by molar-refractivity contribution is -0.0722. The predicted molar refractivity (Wildman–Crippen MR) is 143 cm³/mol. The Hall–Kier alpha value is -3.48. The number of para-hydroxylation sites is 1. The lowest BCUT2D eigenvalue weighted by Crippen LogP contribution is -2.65. The van der Waals surface area contributed by atoms with E-state index in [9.17, 15) is 9.59 Å². The van der Waals surface area contributed by atoms with Gasteiger partial charge in [-0.2, -0.15) is 0 Å². The Morgan fingerprint density at radius 2 is 1.50 bits per heavy atom. The van der Waals surface area contributed by atoms with Gasteiger partial charge in [0.2, 0.25) is 5.85 Å². The summed E-state index contributed by atoms with van der Waals surface area (Å²) in [6.07, 6.45) is 2.02. The minimum absolute atomic E-state index is 0.207. The molecule has 0 bridgehead atoms. The fraction of sp³-hybridized carbons (Fsp3) is 0.333. The number of hydrogen-bond donors (Lipinski definition) is 1. The van der Waals surface area contributed by atoms with Crippen molar-refractivity contribution < 1.29 is 14.3 Å². The minimum Gasteiger partial charge on any atom is -0.336 e. The van der Waals surface area contributed by atoms with Crippen LogP contribution < -0.4 is 10.2 Å². The van der Waals surface area contributed by atoms with Crippen LogP contribution in [0.4, 0.5) is 5.69 Å². The maximum atomic E-state index is 14.1. The molecule has 1 N–H and O–H groups in total. The summed E-state index contributed by atoms with van der Waals surface area (Å²) >= 11 is 0. The zero-order valence-corrected chi connectivity index (χ0v) is 21.2. The van der Waals surface area contributed by atoms with E-state index in [1.54, 1.807) is 29.2 Å². The standard InChI is InChI=1S/C30H35N3O3/c1-3-32(4-2)22-23-36-30(31-28(34)25-15-7-5-8-16-25)21-13-19-24-14-11-12-20-27(24)33(30)29(35)26-17-9-6-10-18-26/h5-12,14-18,20H,3-4,13,19,21-23H2,1-2H3,(H,31,34). The van der Waals surface area contributed by atoms with Crippen LogP contribution in [0.1, 0.15) is 53.0 Å². The topological polar surface area (TPSA) is 61.9 Å². The fourth-order valence-corrected chi connectivity index (χ4v) is 4.76. The van der Waals surface area contributed by atoms with Gasteiger partial charge in [-0.05, 0) is 61.8 Å². The van der Waals surface area contributed by atoms with Gasteiger partial charge in [0.25, 0.3) is 11.8 Å². The highest BCUT2D eigenvalue weighted by Crippen LogP contribution is 2.37. The first-order chi connectivity index (χ1) is 17.6. The lowest BCUT2D eigenvalue weighted by atomic mass is 10.1. The third-order valence-electron chi connectivity index (χ3n) is 6.77. The molecule has 2 amide bonds. The molecule has 188 valence electrons. The molecule has 4 rings (SSSR count). The average Bonchev–Trinajstić information content (AvgIpc) is 3.08. The number of nitrogens with zero attached hydrogens (tertiary/aromatic N) is 2. The summed E-state index contributed by atoms with van der Waals surface area (Å²) in [4.78, 5) is 31.6. The SMILES string of the molecule is CCN(CC)CCOC1(NC(=O)c2ccccc2)CCCc2ccccc2N1C(=O)c1ccccc1. The largest absolute Gasteiger partial charge is 0.336 e. The molecule has 0 saturated carbocycles. The van der Waals surface area contributed by atoms with Gasteiger partial charge in [-0.3, -0.25) is 14.5 Å². The van der Waals surface area contributed by atoms with Gasteiger partial charge < -0.3 is 15.0 Å². The molecule has 6 nitrogen and oxygen atoms in total. The number of likely N-dealkylation sites (N-methyl/N-ethyl adjacent to an activating group) is 1. The molecule has 3 aromatic carbocycles. The van der Waals surface area contributed by atoms with Crippen molar-refractivity contribution >= 4 is 17.5 Å². The Balaban J connectivity index is 1.80. The number of anilines is 1. The molecule has 0 radical (unpaired) electrons. The molecule has 1 aliphatic rings. The predicted octanol–water partition coefficient (Wildman–Crippen LogP) is 5.11. The Morgan fingerprint density at radius 3 is 2.17 bits per heavy atom. The maximum absolute atomic E-state index is 14.1. The molecule has 0 spiro atoms. The molecule has 1 unspecified atom stereocenters. The van der Waals surface area contributed by atoms with Crippen molar-refractivity contribution in [3.8, 4) is 0 Å². The number of nitrogens with one attached hydrogen (secondary N) is 1. The Bertz CT molecular complexity index is 1150. The number of fused-ring (bicyclic) bond motifs is 1. The smallest absolute Gasteiger partial charge is 0.262 e. The molecule has 0 aromatic heterocycles. The summed E-state index contributed by atoms with van der Waals surface area (Å²) in [7, 11) is 0. The fourth-order valence-electron chi connectivity index (χ4n) is 4.76. The summed E-state index contributed by atoms with van der Waals surface area (Å²) in [5.41, 5.74) is 2.89. The number of benzene rings is 3. The Labute approximate surface area is 213 Å². The van der Waals surface area contributed by atoms with Gasteiger partial charge in [0.15, 0.2) is 0 Å². The normalized spacial score (nSPS) is 17.4. The second-order valence-corrected chi connectivity index (χ2v) is 8.97. The Morgan fingerprint density at radius 1 is 0.889 bits per heavy atom. The molecule has 0 aliphatic carbocycles. The number of rotatable bonds is 9. The zero-order valence-electron chi connectivity index (χ0n) is 21.2. The summed E-state index contributed by atoms with van der Waals surface area (Å²) in [6.45, 7) is 7.10. The molecule has 6 heteroatoms. The van der Waals surface area contributed by atoms with Gasteiger partial charge in [-0.15, -0.1) is 0 Å². The van der Waals surface area contributed by atoms with Crippen molar-refractivity contribution in [3.05, 3.63) is 102 Å². The van der Waals surface area contributed by atoms with Gasteiger partial charge in [0, 0.05) is 24.1 Å². The van der Waals surface area contributed by atoms with Crippen LogP contribution in [0.3, 0.4) is 0 Å². The highest BCUT2D eigenvalue weighted by atomic mass is 16.5. The highest BCUT2D eigenvalue weighted by Gasteiger charge is 2.45. The van der Waals surface area contributed by atoms with Crippen LogP contribution in [-0.4, -0.2) is 48.8 Å². The van der Waals surface area contributed by atoms with E-state index in [-0.39, 0.29) is 11.8 Å². The second-order valence-electron chi connectivity index (χ2n) is 8.97. The maximum Gasteiger partial charge on any atom is 0.262 e. The van der Waals surface area contributed by atoms with Gasteiger partial charge >= 0.3 is 0 Å². The molecule has 0 fully saturated rings. The summed E-state index contributed by atoms with van der Waals surface area (Å²) in [5, 5.41) is 3.17. The van der Waals surface area contributed by atoms with Crippen LogP contribution in [0.5, 0.6) is 0 Å². The van der Waals surface area contributed by atoms with E-state index in [4.69, 9.17) is 4.74 Å². The van der Waals surface area contributed by atoms with Crippen LogP contribution in [-0.2, 0) is 11.2 Å². The van der Waals surface area contributed by atoms with Crippen LogP contribution in [0.25, 0.3) is 0 Å². The van der Waals surface area contributed by atoms with Crippen molar-refractivity contribution in [2.24, 2.45) is 0 Å². The van der Waals surface area contributed by atoms with Crippen molar-refractivity contribution in [2.75, 3.05) is 31.1 Å². The number of amides is 2.